The van der Waals surface area contributed by atoms with E-state index in [0.29, 0.717) is 12.5 Å². The van der Waals surface area contributed by atoms with Crippen LogP contribution in [0.1, 0.15) is 79.7 Å². The zero-order chi connectivity index (χ0) is 24.6. The van der Waals surface area contributed by atoms with Gasteiger partial charge in [-0.3, -0.25) is 14.5 Å². The van der Waals surface area contributed by atoms with Crippen molar-refractivity contribution in [1.82, 2.24) is 10.2 Å². The summed E-state index contributed by atoms with van der Waals surface area (Å²) < 4.78 is 5.86. The molecule has 33 heavy (non-hydrogen) atoms. The van der Waals surface area contributed by atoms with Crippen LogP contribution < -0.4 is 5.32 Å². The highest BCUT2D eigenvalue weighted by atomic mass is 16.6. The van der Waals surface area contributed by atoms with Gasteiger partial charge in [0.25, 0.3) is 0 Å². The highest BCUT2D eigenvalue weighted by Crippen LogP contribution is 2.38. The third-order valence-corrected chi connectivity index (χ3v) is 6.48. The van der Waals surface area contributed by atoms with Gasteiger partial charge in [-0.15, -0.1) is 0 Å². The maximum Gasteiger partial charge on any atom is 0.323 e. The van der Waals surface area contributed by atoms with Gasteiger partial charge in [-0.25, -0.2) is 0 Å². The fourth-order valence-corrected chi connectivity index (χ4v) is 5.11. The highest BCUT2D eigenvalue weighted by Gasteiger charge is 2.45. The molecule has 1 aliphatic heterocycles. The number of hydrogen-bond acceptors (Lipinski definition) is 4. The SMILES string of the molecule is CC=C[C@@H]1C[C@H](C(=O)OC(C)(C)C)N(Cc2ccccc2)[C@@H]1CC(CCC)C(C)NC(C)=O. The van der Waals surface area contributed by atoms with Crippen LogP contribution in [-0.4, -0.2) is 40.5 Å². The van der Waals surface area contributed by atoms with Gasteiger partial charge in [0.1, 0.15) is 11.6 Å². The Kier molecular flexibility index (Phi) is 10.2. The standard InChI is InChI=1S/C28H44N2O3/c1-8-13-23(20(3)29-21(4)31)17-25-24(14-9-2)18-26(27(32)33-28(5,6)7)30(25)19-22-15-11-10-12-16-22/h9-12,14-16,20,23-26H,8,13,17-19H2,1-7H3,(H,29,31)/t20?,23?,24-,25-,26-/m1/s1. The molecular weight excluding hydrogens is 412 g/mol. The number of carbonyl (C=O) groups is 2. The van der Waals surface area contributed by atoms with Crippen LogP contribution in [0.15, 0.2) is 42.5 Å². The molecule has 5 atom stereocenters. The number of esters is 1. The lowest BCUT2D eigenvalue weighted by Gasteiger charge is -2.35. The van der Waals surface area contributed by atoms with Gasteiger partial charge in [0.05, 0.1) is 0 Å². The van der Waals surface area contributed by atoms with Crippen molar-refractivity contribution in [2.75, 3.05) is 0 Å². The Morgan fingerprint density at radius 3 is 2.45 bits per heavy atom. The molecule has 0 aromatic heterocycles. The van der Waals surface area contributed by atoms with E-state index in [0.717, 1.165) is 25.7 Å². The summed E-state index contributed by atoms with van der Waals surface area (Å²) in [6, 6.07) is 10.4. The third kappa shape index (κ3) is 8.29. The van der Waals surface area contributed by atoms with Crippen molar-refractivity contribution >= 4 is 11.9 Å². The van der Waals surface area contributed by atoms with Crippen molar-refractivity contribution in [3.8, 4) is 0 Å². The summed E-state index contributed by atoms with van der Waals surface area (Å²) in [5.41, 5.74) is 0.674. The molecule has 0 radical (unpaired) electrons. The number of hydrogen-bond donors (Lipinski definition) is 1. The van der Waals surface area contributed by atoms with Crippen molar-refractivity contribution in [1.29, 1.82) is 0 Å². The van der Waals surface area contributed by atoms with E-state index in [-0.39, 0.29) is 35.9 Å². The van der Waals surface area contributed by atoms with Crippen molar-refractivity contribution < 1.29 is 14.3 Å². The van der Waals surface area contributed by atoms with Crippen LogP contribution in [0.2, 0.25) is 0 Å². The first-order chi connectivity index (χ1) is 15.6. The Balaban J connectivity index is 2.39. The summed E-state index contributed by atoms with van der Waals surface area (Å²) in [7, 11) is 0. The van der Waals surface area contributed by atoms with E-state index in [4.69, 9.17) is 4.74 Å². The quantitative estimate of drug-likeness (QED) is 0.373. The minimum absolute atomic E-state index is 0.00722. The molecule has 5 heteroatoms. The fraction of sp³-hybridized carbons (Fsp3) is 0.643. The van der Waals surface area contributed by atoms with Crippen LogP contribution in [0.4, 0.5) is 0 Å². The number of nitrogens with one attached hydrogen (secondary N) is 1. The maximum atomic E-state index is 13.3. The topological polar surface area (TPSA) is 58.6 Å². The molecule has 1 saturated heterocycles. The Morgan fingerprint density at radius 2 is 1.91 bits per heavy atom. The summed E-state index contributed by atoms with van der Waals surface area (Å²) in [5, 5.41) is 3.11. The summed E-state index contributed by atoms with van der Waals surface area (Å²) in [5.74, 6) is 0.470. The van der Waals surface area contributed by atoms with Crippen molar-refractivity contribution in [2.24, 2.45) is 11.8 Å². The third-order valence-electron chi connectivity index (χ3n) is 6.48. The smallest absolute Gasteiger partial charge is 0.323 e. The molecule has 1 heterocycles. The molecule has 1 aromatic rings. The molecule has 1 N–H and O–H groups in total. The summed E-state index contributed by atoms with van der Waals surface area (Å²) in [4.78, 5) is 27.4. The number of benzene rings is 1. The van der Waals surface area contributed by atoms with Gasteiger partial charge in [-0.1, -0.05) is 55.8 Å². The molecule has 0 saturated carbocycles. The number of rotatable bonds is 10. The lowest BCUT2D eigenvalue weighted by Crippen LogP contribution is -2.46. The first kappa shape index (κ1) is 27.1. The van der Waals surface area contributed by atoms with Gasteiger partial charge in [-0.05, 0) is 71.3 Å². The van der Waals surface area contributed by atoms with E-state index in [1.165, 1.54) is 5.56 Å². The normalized spacial score (nSPS) is 23.4. The number of ether oxygens (including phenoxy) is 1. The number of carbonyl (C=O) groups excluding carboxylic acids is 2. The van der Waals surface area contributed by atoms with Gasteiger partial charge in [-0.2, -0.15) is 0 Å². The molecule has 184 valence electrons. The van der Waals surface area contributed by atoms with Crippen LogP contribution in [0.25, 0.3) is 0 Å². The lowest BCUT2D eigenvalue weighted by atomic mass is 9.84. The van der Waals surface area contributed by atoms with Gasteiger partial charge in [0.2, 0.25) is 5.91 Å². The minimum Gasteiger partial charge on any atom is -0.459 e. The predicted octanol–water partition coefficient (Wildman–Crippen LogP) is 5.49. The largest absolute Gasteiger partial charge is 0.459 e. The molecule has 1 aliphatic rings. The summed E-state index contributed by atoms with van der Waals surface area (Å²) in [6.07, 6.45) is 8.13. The van der Waals surface area contributed by atoms with Crippen LogP contribution in [0.3, 0.4) is 0 Å². The summed E-state index contributed by atoms with van der Waals surface area (Å²) >= 11 is 0. The van der Waals surface area contributed by atoms with Gasteiger partial charge in [0, 0.05) is 25.6 Å². The monoisotopic (exact) mass is 456 g/mol. The van der Waals surface area contributed by atoms with Crippen LogP contribution in [0.5, 0.6) is 0 Å². The number of allylic oxidation sites excluding steroid dienone is 1. The predicted molar refractivity (Wildman–Crippen MR) is 135 cm³/mol. The number of nitrogens with zero attached hydrogens (tertiary/aromatic N) is 1. The molecule has 1 amide bonds. The Hall–Kier alpha value is -2.14. The molecule has 2 unspecified atom stereocenters. The molecule has 2 rings (SSSR count). The summed E-state index contributed by atoms with van der Waals surface area (Å²) in [6.45, 7) is 14.4. The van der Waals surface area contributed by atoms with E-state index < -0.39 is 5.60 Å². The molecule has 0 bridgehead atoms. The second-order valence-corrected chi connectivity index (χ2v) is 10.5. The van der Waals surface area contributed by atoms with Crippen LogP contribution in [0, 0.1) is 11.8 Å². The Bertz CT molecular complexity index is 784. The zero-order valence-corrected chi connectivity index (χ0v) is 21.6. The molecule has 0 spiro atoms. The molecular formula is C28H44N2O3. The minimum atomic E-state index is -0.519. The van der Waals surface area contributed by atoms with Crippen LogP contribution in [-0.2, 0) is 20.9 Å². The second kappa shape index (κ2) is 12.4. The van der Waals surface area contributed by atoms with Crippen molar-refractivity contribution in [3.63, 3.8) is 0 Å². The van der Waals surface area contributed by atoms with Gasteiger partial charge >= 0.3 is 5.97 Å². The molecule has 1 aromatic carbocycles. The van der Waals surface area contributed by atoms with Crippen molar-refractivity contribution in [2.45, 2.75) is 104 Å². The van der Waals surface area contributed by atoms with E-state index in [2.05, 4.69) is 48.3 Å². The van der Waals surface area contributed by atoms with E-state index in [1.54, 1.807) is 6.92 Å². The lowest BCUT2D eigenvalue weighted by molar-refractivity contribution is -0.161. The van der Waals surface area contributed by atoms with E-state index >= 15 is 0 Å². The Labute approximate surface area is 201 Å². The van der Waals surface area contributed by atoms with Crippen LogP contribution >= 0.6 is 0 Å². The molecule has 5 nitrogen and oxygen atoms in total. The van der Waals surface area contributed by atoms with E-state index in [1.807, 2.05) is 45.9 Å². The van der Waals surface area contributed by atoms with E-state index in [9.17, 15) is 9.59 Å². The number of likely N-dealkylation sites (tertiary alicyclic amines) is 1. The van der Waals surface area contributed by atoms with Crippen molar-refractivity contribution in [3.05, 3.63) is 48.0 Å². The molecule has 1 fully saturated rings. The average molecular weight is 457 g/mol. The molecule has 0 aliphatic carbocycles. The zero-order valence-electron chi connectivity index (χ0n) is 21.6. The van der Waals surface area contributed by atoms with Gasteiger partial charge in [0.15, 0.2) is 0 Å². The maximum absolute atomic E-state index is 13.3. The number of amides is 1. The fourth-order valence-electron chi connectivity index (χ4n) is 5.11. The first-order valence-electron chi connectivity index (χ1n) is 12.5. The highest BCUT2D eigenvalue weighted by molar-refractivity contribution is 5.77. The van der Waals surface area contributed by atoms with Gasteiger partial charge < -0.3 is 10.1 Å². The second-order valence-electron chi connectivity index (χ2n) is 10.5. The average Bonchev–Trinajstić information content (AvgIpc) is 3.04. The Morgan fingerprint density at radius 1 is 1.24 bits per heavy atom. The first-order valence-corrected chi connectivity index (χ1v) is 12.5.